The summed E-state index contributed by atoms with van der Waals surface area (Å²) in [7, 11) is 3.30. The number of likely N-dealkylation sites (tertiary alicyclic amines) is 1. The third kappa shape index (κ3) is 8.45. The molecule has 12 nitrogen and oxygen atoms in total. The molecule has 6 rings (SSSR count). The number of nitrogens with zero attached hydrogens (tertiary/aromatic N) is 4. The standard InChI is InChI=1S/C39H48N6O6/c1-39(2,3)51-38(48)40-28(22-26-13-15-29(16-14-26)45-34-18-17-30(50-5)24-32(34)42-37(45)47)23-35(46)43-19-8-10-27(25-43)36-41-31-11-6-7-12-33(31)44(36)20-9-21-49-4/h6-7,11-18,24,27-28H,8-10,19-23,25H2,1-5H3,(H,40,48)(H,42,47)/t27-,28-/m1/s1. The number of piperidine rings is 1. The highest BCUT2D eigenvalue weighted by Gasteiger charge is 2.30. The summed E-state index contributed by atoms with van der Waals surface area (Å²) in [5.74, 6) is 1.72. The van der Waals surface area contributed by atoms with Gasteiger partial charge in [-0.25, -0.2) is 14.6 Å². The van der Waals surface area contributed by atoms with Gasteiger partial charge >= 0.3 is 11.8 Å². The Morgan fingerprint density at radius 1 is 1.04 bits per heavy atom. The molecule has 2 N–H and O–H groups in total. The van der Waals surface area contributed by atoms with E-state index in [4.69, 9.17) is 19.2 Å². The number of rotatable bonds is 12. The largest absolute Gasteiger partial charge is 0.497 e. The Hall–Kier alpha value is -5.10. The predicted octanol–water partition coefficient (Wildman–Crippen LogP) is 5.95. The van der Waals surface area contributed by atoms with Gasteiger partial charge < -0.3 is 34.0 Å². The van der Waals surface area contributed by atoms with Crippen LogP contribution < -0.4 is 15.7 Å². The third-order valence-electron chi connectivity index (χ3n) is 9.26. The van der Waals surface area contributed by atoms with Crippen molar-refractivity contribution >= 4 is 34.1 Å². The molecule has 12 heteroatoms. The molecule has 0 bridgehead atoms. The molecule has 1 fully saturated rings. The number of aromatic nitrogens is 4. The summed E-state index contributed by atoms with van der Waals surface area (Å²) in [5.41, 5.74) is 4.10. The Labute approximate surface area is 297 Å². The number of imidazole rings is 2. The second-order valence-corrected chi connectivity index (χ2v) is 14.2. The average molecular weight is 697 g/mol. The number of aromatic amines is 1. The van der Waals surface area contributed by atoms with Gasteiger partial charge in [0, 0.05) is 57.8 Å². The number of nitrogens with one attached hydrogen (secondary N) is 2. The minimum absolute atomic E-state index is 0.0276. The Bertz CT molecular complexity index is 2040. The van der Waals surface area contributed by atoms with Crippen LogP contribution in [0.2, 0.25) is 0 Å². The van der Waals surface area contributed by atoms with E-state index in [0.717, 1.165) is 53.7 Å². The second kappa shape index (κ2) is 15.4. The van der Waals surface area contributed by atoms with Crippen LogP contribution in [0.25, 0.3) is 27.8 Å². The van der Waals surface area contributed by atoms with Gasteiger partial charge in [-0.15, -0.1) is 0 Å². The summed E-state index contributed by atoms with van der Waals surface area (Å²) >= 11 is 0. The molecular formula is C39H48N6O6. The number of carbonyl (C=O) groups is 2. The molecule has 1 saturated heterocycles. The van der Waals surface area contributed by atoms with Crippen LogP contribution in [0.3, 0.4) is 0 Å². The number of methoxy groups -OCH3 is 2. The lowest BCUT2D eigenvalue weighted by atomic mass is 9.95. The predicted molar refractivity (Wildman–Crippen MR) is 197 cm³/mol. The summed E-state index contributed by atoms with van der Waals surface area (Å²) in [4.78, 5) is 49.7. The van der Waals surface area contributed by atoms with E-state index >= 15 is 0 Å². The molecule has 1 aliphatic heterocycles. The Morgan fingerprint density at radius 2 is 1.82 bits per heavy atom. The van der Waals surface area contributed by atoms with Crippen molar-refractivity contribution in [3.63, 3.8) is 0 Å². The Kier molecular flexibility index (Phi) is 10.8. The maximum Gasteiger partial charge on any atom is 0.407 e. The maximum absolute atomic E-state index is 14.0. The van der Waals surface area contributed by atoms with Gasteiger partial charge in [0.05, 0.1) is 34.9 Å². The first-order valence-electron chi connectivity index (χ1n) is 17.6. The van der Waals surface area contributed by atoms with Crippen molar-refractivity contribution in [1.82, 2.24) is 29.3 Å². The van der Waals surface area contributed by atoms with E-state index in [1.54, 1.807) is 24.9 Å². The number of carbonyl (C=O) groups excluding carboxylic acids is 2. The molecule has 0 aliphatic carbocycles. The monoisotopic (exact) mass is 696 g/mol. The highest BCUT2D eigenvalue weighted by atomic mass is 16.6. The Morgan fingerprint density at radius 3 is 2.57 bits per heavy atom. The van der Waals surface area contributed by atoms with Crippen LogP contribution in [-0.4, -0.2) is 81.6 Å². The van der Waals surface area contributed by atoms with E-state index in [1.807, 2.05) is 80.3 Å². The number of hydrogen-bond donors (Lipinski definition) is 2. The molecule has 2 atom stereocenters. The van der Waals surface area contributed by atoms with Gasteiger partial charge in [-0.05, 0) is 88.4 Å². The van der Waals surface area contributed by atoms with Crippen LogP contribution in [0.1, 0.15) is 63.8 Å². The minimum atomic E-state index is -0.689. The van der Waals surface area contributed by atoms with Gasteiger partial charge in [0.15, 0.2) is 0 Å². The summed E-state index contributed by atoms with van der Waals surface area (Å²) in [5, 5.41) is 2.97. The van der Waals surface area contributed by atoms with Crippen LogP contribution in [-0.2, 0) is 27.2 Å². The van der Waals surface area contributed by atoms with Crippen molar-refractivity contribution in [3.8, 4) is 11.4 Å². The van der Waals surface area contributed by atoms with E-state index in [9.17, 15) is 14.4 Å². The summed E-state index contributed by atoms with van der Waals surface area (Å²) in [6, 6.07) is 20.7. The van der Waals surface area contributed by atoms with Gasteiger partial charge in [0.1, 0.15) is 17.2 Å². The number of alkyl carbamates (subject to hydrolysis) is 1. The molecule has 0 radical (unpaired) electrons. The quantitative estimate of drug-likeness (QED) is 0.154. The number of para-hydroxylation sites is 2. The minimum Gasteiger partial charge on any atom is -0.497 e. The van der Waals surface area contributed by atoms with E-state index in [0.29, 0.717) is 43.1 Å². The lowest BCUT2D eigenvalue weighted by molar-refractivity contribution is -0.133. The zero-order valence-corrected chi connectivity index (χ0v) is 30.1. The van der Waals surface area contributed by atoms with Crippen molar-refractivity contribution < 1.29 is 23.8 Å². The van der Waals surface area contributed by atoms with Gasteiger partial charge in [-0.1, -0.05) is 24.3 Å². The van der Waals surface area contributed by atoms with Crippen molar-refractivity contribution in [1.29, 1.82) is 0 Å². The third-order valence-corrected chi connectivity index (χ3v) is 9.26. The lowest BCUT2D eigenvalue weighted by Gasteiger charge is -2.34. The Balaban J connectivity index is 1.19. The number of fused-ring (bicyclic) bond motifs is 2. The van der Waals surface area contributed by atoms with E-state index in [-0.39, 0.29) is 23.9 Å². The van der Waals surface area contributed by atoms with Gasteiger partial charge in [-0.2, -0.15) is 0 Å². The molecule has 2 aromatic heterocycles. The number of amides is 2. The van der Waals surface area contributed by atoms with Crippen LogP contribution in [0.5, 0.6) is 5.75 Å². The van der Waals surface area contributed by atoms with Crippen molar-refractivity contribution in [2.45, 2.75) is 77.0 Å². The fourth-order valence-electron chi connectivity index (χ4n) is 6.95. The highest BCUT2D eigenvalue weighted by Crippen LogP contribution is 2.30. The van der Waals surface area contributed by atoms with Crippen LogP contribution >= 0.6 is 0 Å². The molecule has 3 heterocycles. The summed E-state index contributed by atoms with van der Waals surface area (Å²) in [6.45, 7) is 8.09. The summed E-state index contributed by atoms with van der Waals surface area (Å²) in [6.07, 6.45) is 2.62. The van der Waals surface area contributed by atoms with E-state index < -0.39 is 17.7 Å². The number of aryl methyl sites for hydroxylation is 1. The first-order chi connectivity index (χ1) is 24.5. The van der Waals surface area contributed by atoms with Gasteiger partial charge in [-0.3, -0.25) is 9.36 Å². The summed E-state index contributed by atoms with van der Waals surface area (Å²) < 4.78 is 20.1. The smallest absolute Gasteiger partial charge is 0.407 e. The molecule has 0 saturated carbocycles. The normalized spacial score (nSPS) is 15.6. The molecule has 1 aliphatic rings. The number of H-pyrrole nitrogens is 1. The molecule has 270 valence electrons. The van der Waals surface area contributed by atoms with Crippen LogP contribution in [0.4, 0.5) is 4.79 Å². The molecule has 51 heavy (non-hydrogen) atoms. The van der Waals surface area contributed by atoms with Gasteiger partial charge in [0.25, 0.3) is 0 Å². The number of ether oxygens (including phenoxy) is 3. The van der Waals surface area contributed by atoms with Crippen molar-refractivity contribution in [3.05, 3.63) is 88.6 Å². The highest BCUT2D eigenvalue weighted by molar-refractivity contribution is 5.80. The lowest BCUT2D eigenvalue weighted by Crippen LogP contribution is -2.46. The average Bonchev–Trinajstić information content (AvgIpc) is 3.64. The molecule has 3 aromatic carbocycles. The number of hydrogen-bond acceptors (Lipinski definition) is 7. The molecule has 0 spiro atoms. The maximum atomic E-state index is 14.0. The first-order valence-corrected chi connectivity index (χ1v) is 17.6. The molecule has 0 unspecified atom stereocenters. The molecule has 5 aromatic rings. The molecule has 2 amide bonds. The van der Waals surface area contributed by atoms with Gasteiger partial charge in [0.2, 0.25) is 5.91 Å². The topological polar surface area (TPSA) is 133 Å². The van der Waals surface area contributed by atoms with E-state index in [1.165, 1.54) is 0 Å². The van der Waals surface area contributed by atoms with Crippen LogP contribution in [0.15, 0.2) is 71.5 Å². The number of benzene rings is 3. The van der Waals surface area contributed by atoms with Crippen molar-refractivity contribution in [2.24, 2.45) is 0 Å². The first kappa shape index (κ1) is 35.7. The molecular weight excluding hydrogens is 648 g/mol. The second-order valence-electron chi connectivity index (χ2n) is 14.2. The van der Waals surface area contributed by atoms with E-state index in [2.05, 4.69) is 20.9 Å². The van der Waals surface area contributed by atoms with Crippen LogP contribution in [0, 0.1) is 0 Å². The zero-order valence-electron chi connectivity index (χ0n) is 30.1. The fraction of sp³-hybridized carbons (Fsp3) is 0.436. The SMILES string of the molecule is COCCCn1c([C@@H]2CCCN(C(=O)C[C@@H](Cc3ccc(-n4c(=O)[nH]c5cc(OC)ccc54)cc3)NC(=O)OC(C)(C)C)C2)nc2ccccc21. The zero-order chi connectivity index (χ0) is 36.1. The van der Waals surface area contributed by atoms with Crippen molar-refractivity contribution in [2.75, 3.05) is 33.9 Å². The fourth-order valence-corrected chi connectivity index (χ4v) is 6.95.